The number of hydrogen-bond donors (Lipinski definition) is 1. The molecule has 0 spiro atoms. The molecule has 27 heavy (non-hydrogen) atoms. The van der Waals surface area contributed by atoms with Crippen molar-refractivity contribution in [1.82, 2.24) is 25.2 Å². The molecule has 0 atom stereocenters. The average molecular weight is 419 g/mol. The largest absolute Gasteiger partial charge is 0.468 e. The molecule has 0 saturated carbocycles. The molecular formula is C15H11Cl2F3N6O. The SMILES string of the molecule is FC(F)(F)COc1ncccc1CNc1nnnn1-c1cccc(Cl)c1Cl. The normalized spacial score (nSPS) is 11.4. The van der Waals surface area contributed by atoms with Gasteiger partial charge in [0.2, 0.25) is 11.8 Å². The topological polar surface area (TPSA) is 77.8 Å². The summed E-state index contributed by atoms with van der Waals surface area (Å²) in [5.41, 5.74) is 0.838. The number of tetrazole rings is 1. The molecule has 0 radical (unpaired) electrons. The Morgan fingerprint density at radius 3 is 2.74 bits per heavy atom. The summed E-state index contributed by atoms with van der Waals surface area (Å²) in [5, 5.41) is 14.8. The zero-order valence-electron chi connectivity index (χ0n) is 13.4. The Kier molecular flexibility index (Phi) is 5.66. The Hall–Kier alpha value is -2.59. The number of aromatic nitrogens is 5. The second kappa shape index (κ2) is 7.97. The molecule has 1 N–H and O–H groups in total. The van der Waals surface area contributed by atoms with Crippen LogP contribution >= 0.6 is 23.2 Å². The van der Waals surface area contributed by atoms with Crippen molar-refractivity contribution >= 4 is 29.2 Å². The number of ether oxygens (including phenoxy) is 1. The molecule has 0 unspecified atom stereocenters. The number of pyridine rings is 1. The average Bonchev–Trinajstić information content (AvgIpc) is 3.09. The van der Waals surface area contributed by atoms with E-state index in [1.165, 1.54) is 10.9 Å². The van der Waals surface area contributed by atoms with Crippen LogP contribution in [0, 0.1) is 0 Å². The fraction of sp³-hybridized carbons (Fsp3) is 0.200. The minimum Gasteiger partial charge on any atom is -0.468 e. The second-order valence-electron chi connectivity index (χ2n) is 5.21. The maximum atomic E-state index is 12.4. The summed E-state index contributed by atoms with van der Waals surface area (Å²) in [5.74, 6) is 0.0759. The fourth-order valence-electron chi connectivity index (χ4n) is 2.13. The van der Waals surface area contributed by atoms with Gasteiger partial charge in [0.1, 0.15) is 0 Å². The van der Waals surface area contributed by atoms with Crippen LogP contribution in [-0.2, 0) is 6.54 Å². The van der Waals surface area contributed by atoms with Crippen molar-refractivity contribution in [3.63, 3.8) is 0 Å². The van der Waals surface area contributed by atoms with Crippen LogP contribution in [0.5, 0.6) is 5.88 Å². The molecule has 2 aromatic heterocycles. The molecule has 0 aliphatic heterocycles. The first kappa shape index (κ1) is 19.2. The highest BCUT2D eigenvalue weighted by atomic mass is 35.5. The highest BCUT2D eigenvalue weighted by molar-refractivity contribution is 6.43. The first-order chi connectivity index (χ1) is 12.8. The number of nitrogens with one attached hydrogen (secondary N) is 1. The molecule has 0 aliphatic carbocycles. The predicted octanol–water partition coefficient (Wildman–Crippen LogP) is 3.92. The van der Waals surface area contributed by atoms with Gasteiger partial charge in [-0.15, -0.1) is 0 Å². The molecule has 142 valence electrons. The van der Waals surface area contributed by atoms with Crippen LogP contribution in [0.2, 0.25) is 10.0 Å². The summed E-state index contributed by atoms with van der Waals surface area (Å²) in [7, 11) is 0. The van der Waals surface area contributed by atoms with Gasteiger partial charge in [0.05, 0.1) is 15.7 Å². The number of alkyl halides is 3. The Morgan fingerprint density at radius 1 is 1.15 bits per heavy atom. The van der Waals surface area contributed by atoms with Crippen LogP contribution in [0.25, 0.3) is 5.69 Å². The van der Waals surface area contributed by atoms with Crippen molar-refractivity contribution in [2.24, 2.45) is 0 Å². The minimum absolute atomic E-state index is 0.0690. The zero-order chi connectivity index (χ0) is 19.4. The lowest BCUT2D eigenvalue weighted by molar-refractivity contribution is -0.154. The van der Waals surface area contributed by atoms with E-state index in [4.69, 9.17) is 27.9 Å². The number of benzene rings is 1. The van der Waals surface area contributed by atoms with E-state index in [0.717, 1.165) is 0 Å². The van der Waals surface area contributed by atoms with Crippen LogP contribution in [0.15, 0.2) is 36.5 Å². The molecule has 2 heterocycles. The van der Waals surface area contributed by atoms with Crippen molar-refractivity contribution in [2.45, 2.75) is 12.7 Å². The molecule has 0 bridgehead atoms. The summed E-state index contributed by atoms with van der Waals surface area (Å²) >= 11 is 12.2. The number of halogens is 5. The van der Waals surface area contributed by atoms with Gasteiger partial charge in [-0.2, -0.15) is 17.9 Å². The second-order valence-corrected chi connectivity index (χ2v) is 6.00. The number of nitrogens with zero attached hydrogens (tertiary/aromatic N) is 5. The fourth-order valence-corrected chi connectivity index (χ4v) is 2.50. The summed E-state index contributed by atoms with van der Waals surface area (Å²) in [6, 6.07) is 8.11. The van der Waals surface area contributed by atoms with Crippen LogP contribution in [0.3, 0.4) is 0 Å². The summed E-state index contributed by atoms with van der Waals surface area (Å²) < 4.78 is 43.2. The highest BCUT2D eigenvalue weighted by Crippen LogP contribution is 2.29. The Morgan fingerprint density at radius 2 is 1.96 bits per heavy atom. The van der Waals surface area contributed by atoms with E-state index in [-0.39, 0.29) is 23.4 Å². The van der Waals surface area contributed by atoms with Gasteiger partial charge in [-0.05, 0) is 28.6 Å². The highest BCUT2D eigenvalue weighted by Gasteiger charge is 2.29. The molecule has 0 amide bonds. The van der Waals surface area contributed by atoms with E-state index in [9.17, 15) is 13.2 Å². The molecule has 0 fully saturated rings. The molecule has 0 aliphatic rings. The first-order valence-corrected chi connectivity index (χ1v) is 8.21. The smallest absolute Gasteiger partial charge is 0.422 e. The molecule has 0 saturated heterocycles. The van der Waals surface area contributed by atoms with Crippen molar-refractivity contribution in [1.29, 1.82) is 0 Å². The van der Waals surface area contributed by atoms with Gasteiger partial charge in [0.15, 0.2) is 6.61 Å². The molecule has 3 aromatic rings. The van der Waals surface area contributed by atoms with Crippen LogP contribution in [-0.4, -0.2) is 38.0 Å². The predicted molar refractivity (Wildman–Crippen MR) is 92.3 cm³/mol. The van der Waals surface area contributed by atoms with Crippen LogP contribution in [0.4, 0.5) is 19.1 Å². The lowest BCUT2D eigenvalue weighted by Crippen LogP contribution is -2.20. The summed E-state index contributed by atoms with van der Waals surface area (Å²) in [6.07, 6.45) is -3.12. The van der Waals surface area contributed by atoms with E-state index >= 15 is 0 Å². The van der Waals surface area contributed by atoms with Gasteiger partial charge in [-0.1, -0.05) is 40.4 Å². The molecule has 7 nitrogen and oxygen atoms in total. The van der Waals surface area contributed by atoms with Crippen LogP contribution in [0.1, 0.15) is 5.56 Å². The van der Waals surface area contributed by atoms with Gasteiger partial charge >= 0.3 is 6.18 Å². The maximum absolute atomic E-state index is 12.4. The molecule has 12 heteroatoms. The zero-order valence-corrected chi connectivity index (χ0v) is 14.9. The monoisotopic (exact) mass is 418 g/mol. The van der Waals surface area contributed by atoms with E-state index in [0.29, 0.717) is 16.3 Å². The van der Waals surface area contributed by atoms with Gasteiger partial charge < -0.3 is 10.1 Å². The van der Waals surface area contributed by atoms with Crippen molar-refractivity contribution in [2.75, 3.05) is 11.9 Å². The maximum Gasteiger partial charge on any atom is 0.422 e. The number of anilines is 1. The van der Waals surface area contributed by atoms with E-state index < -0.39 is 12.8 Å². The summed E-state index contributed by atoms with van der Waals surface area (Å²) in [4.78, 5) is 3.83. The summed E-state index contributed by atoms with van der Waals surface area (Å²) in [6.45, 7) is -1.37. The quantitative estimate of drug-likeness (QED) is 0.653. The number of rotatable bonds is 6. The lowest BCUT2D eigenvalue weighted by Gasteiger charge is -2.13. The molecule has 1 aromatic carbocycles. The van der Waals surface area contributed by atoms with Crippen molar-refractivity contribution in [3.05, 3.63) is 52.1 Å². The van der Waals surface area contributed by atoms with E-state index in [1.54, 1.807) is 30.3 Å². The van der Waals surface area contributed by atoms with Gasteiger partial charge in [0, 0.05) is 18.3 Å². The van der Waals surface area contributed by atoms with Crippen LogP contribution < -0.4 is 10.1 Å². The Bertz CT molecular complexity index is 934. The van der Waals surface area contributed by atoms with E-state index in [2.05, 4.69) is 25.8 Å². The van der Waals surface area contributed by atoms with E-state index in [1.807, 2.05) is 0 Å². The molecule has 3 rings (SSSR count). The van der Waals surface area contributed by atoms with Gasteiger partial charge in [-0.3, -0.25) is 0 Å². The van der Waals surface area contributed by atoms with Gasteiger partial charge in [-0.25, -0.2) is 4.98 Å². The number of hydrogen-bond acceptors (Lipinski definition) is 6. The standard InChI is InChI=1S/C15H11Cl2F3N6O/c16-10-4-1-5-11(12(10)17)26-14(23-24-25-26)22-7-9-3-2-6-21-13(9)27-8-15(18,19)20/h1-6H,7-8H2,(H,22,23,25). The molecular weight excluding hydrogens is 408 g/mol. The lowest BCUT2D eigenvalue weighted by atomic mass is 10.2. The Balaban J connectivity index is 1.78. The minimum atomic E-state index is -4.46. The van der Waals surface area contributed by atoms with Crippen molar-refractivity contribution in [3.8, 4) is 11.6 Å². The van der Waals surface area contributed by atoms with Crippen molar-refractivity contribution < 1.29 is 17.9 Å². The first-order valence-electron chi connectivity index (χ1n) is 7.45. The third-order valence-corrected chi connectivity index (χ3v) is 4.10. The third-order valence-electron chi connectivity index (χ3n) is 3.29. The Labute approximate surface area is 161 Å². The van der Waals surface area contributed by atoms with Gasteiger partial charge in [0.25, 0.3) is 0 Å². The third kappa shape index (κ3) is 4.77.